The minimum atomic E-state index is -1.17. The Morgan fingerprint density at radius 1 is 1.65 bits per heavy atom. The van der Waals surface area contributed by atoms with Crippen molar-refractivity contribution in [1.82, 2.24) is 0 Å². The molecule has 0 unspecified atom stereocenters. The Morgan fingerprint density at radius 3 is 2.88 bits per heavy atom. The van der Waals surface area contributed by atoms with E-state index in [1.165, 1.54) is 25.3 Å². The fraction of sp³-hybridized carbons (Fsp3) is 0.200. The van der Waals surface area contributed by atoms with E-state index in [4.69, 9.17) is 9.84 Å². The number of hydrogen-bond acceptors (Lipinski definition) is 5. The number of benzene rings is 1. The van der Waals surface area contributed by atoms with Gasteiger partial charge in [-0.05, 0) is 18.2 Å². The fourth-order valence-electron chi connectivity index (χ4n) is 1.13. The van der Waals surface area contributed by atoms with Gasteiger partial charge in [0.2, 0.25) is 6.54 Å². The van der Waals surface area contributed by atoms with Crippen molar-refractivity contribution in [3.05, 3.63) is 33.9 Å². The third-order valence-electron chi connectivity index (χ3n) is 1.90. The molecule has 1 rings (SSSR count). The number of ether oxygens (including phenoxy) is 1. The smallest absolute Gasteiger partial charge is 0.338 e. The lowest BCUT2D eigenvalue weighted by Gasteiger charge is -2.03. The minimum Gasteiger partial charge on any atom is -0.497 e. The molecule has 0 amide bonds. The first kappa shape index (κ1) is 12.6. The van der Waals surface area contributed by atoms with E-state index in [-0.39, 0.29) is 11.3 Å². The lowest BCUT2D eigenvalue weighted by molar-refractivity contribution is -0.462. The van der Waals surface area contributed by atoms with E-state index in [9.17, 15) is 14.9 Å². The van der Waals surface area contributed by atoms with Crippen molar-refractivity contribution in [3.8, 4) is 5.75 Å². The number of rotatable bonds is 5. The van der Waals surface area contributed by atoms with E-state index < -0.39 is 17.4 Å². The second kappa shape index (κ2) is 5.59. The molecule has 90 valence electrons. The number of aliphatic imine (C=N–C) groups is 1. The Labute approximate surface area is 96.5 Å². The van der Waals surface area contributed by atoms with Crippen molar-refractivity contribution in [1.29, 1.82) is 0 Å². The zero-order valence-corrected chi connectivity index (χ0v) is 8.99. The summed E-state index contributed by atoms with van der Waals surface area (Å²) in [5, 5.41) is 19.0. The molecule has 0 heterocycles. The summed E-state index contributed by atoms with van der Waals surface area (Å²) in [5.74, 6) is -0.784. The average molecular weight is 238 g/mol. The van der Waals surface area contributed by atoms with Crippen LogP contribution in [0.2, 0.25) is 0 Å². The van der Waals surface area contributed by atoms with E-state index in [1.54, 1.807) is 0 Å². The van der Waals surface area contributed by atoms with Crippen molar-refractivity contribution >= 4 is 17.9 Å². The van der Waals surface area contributed by atoms with Crippen LogP contribution in [0.25, 0.3) is 0 Å². The summed E-state index contributed by atoms with van der Waals surface area (Å²) in [7, 11) is 1.41. The average Bonchev–Trinajstić information content (AvgIpc) is 2.28. The quantitative estimate of drug-likeness (QED) is 0.474. The maximum atomic E-state index is 10.9. The molecule has 0 aliphatic rings. The molecular weight excluding hydrogens is 228 g/mol. The fourth-order valence-corrected chi connectivity index (χ4v) is 1.13. The van der Waals surface area contributed by atoms with Crippen molar-refractivity contribution < 1.29 is 19.6 Å². The maximum Gasteiger partial charge on any atom is 0.338 e. The van der Waals surface area contributed by atoms with E-state index in [0.29, 0.717) is 5.75 Å². The molecule has 0 aromatic heterocycles. The third-order valence-corrected chi connectivity index (χ3v) is 1.90. The van der Waals surface area contributed by atoms with Gasteiger partial charge in [0.15, 0.2) is 0 Å². The van der Waals surface area contributed by atoms with Gasteiger partial charge in [-0.1, -0.05) is 0 Å². The number of carbonyl (C=O) groups is 1. The van der Waals surface area contributed by atoms with Crippen LogP contribution in [0.4, 0.5) is 5.69 Å². The van der Waals surface area contributed by atoms with Crippen LogP contribution in [0, 0.1) is 10.1 Å². The van der Waals surface area contributed by atoms with Gasteiger partial charge >= 0.3 is 5.97 Å². The molecule has 1 N–H and O–H groups in total. The van der Waals surface area contributed by atoms with Gasteiger partial charge in [-0.25, -0.2) is 4.79 Å². The van der Waals surface area contributed by atoms with Crippen LogP contribution in [0.3, 0.4) is 0 Å². The highest BCUT2D eigenvalue weighted by atomic mass is 16.6. The number of carboxylic acids is 1. The summed E-state index contributed by atoms with van der Waals surface area (Å²) in [4.78, 5) is 24.2. The monoisotopic (exact) mass is 238 g/mol. The largest absolute Gasteiger partial charge is 0.497 e. The van der Waals surface area contributed by atoms with Gasteiger partial charge in [0, 0.05) is 4.92 Å². The molecule has 0 aliphatic heterocycles. The predicted molar refractivity (Wildman–Crippen MR) is 60.0 cm³/mol. The summed E-state index contributed by atoms with van der Waals surface area (Å²) in [6.45, 7) is -0.453. The second-order valence-corrected chi connectivity index (χ2v) is 3.02. The molecule has 0 saturated heterocycles. The predicted octanol–water partition coefficient (Wildman–Crippen LogP) is 1.37. The van der Waals surface area contributed by atoms with Crippen LogP contribution in [0.5, 0.6) is 5.75 Å². The Kier molecular flexibility index (Phi) is 4.15. The van der Waals surface area contributed by atoms with Crippen LogP contribution in [0.1, 0.15) is 10.4 Å². The first-order valence-corrected chi connectivity index (χ1v) is 4.60. The van der Waals surface area contributed by atoms with Crippen LogP contribution in [-0.4, -0.2) is 35.9 Å². The summed E-state index contributed by atoms with van der Waals surface area (Å²) < 4.78 is 4.88. The lowest BCUT2D eigenvalue weighted by Crippen LogP contribution is -2.02. The second-order valence-electron chi connectivity index (χ2n) is 3.02. The van der Waals surface area contributed by atoms with Crippen molar-refractivity contribution in [2.24, 2.45) is 4.99 Å². The Bertz CT molecular complexity index is 470. The number of hydrogen-bond donors (Lipinski definition) is 1. The van der Waals surface area contributed by atoms with Gasteiger partial charge in [0.1, 0.15) is 5.75 Å². The first-order chi connectivity index (χ1) is 8.04. The number of methoxy groups -OCH3 is 1. The molecule has 1 aromatic carbocycles. The highest BCUT2D eigenvalue weighted by Crippen LogP contribution is 2.24. The molecule has 0 atom stereocenters. The van der Waals surface area contributed by atoms with Crippen LogP contribution >= 0.6 is 0 Å². The zero-order valence-electron chi connectivity index (χ0n) is 8.99. The maximum absolute atomic E-state index is 10.9. The van der Waals surface area contributed by atoms with E-state index in [0.717, 1.165) is 6.21 Å². The van der Waals surface area contributed by atoms with E-state index in [1.807, 2.05) is 0 Å². The van der Waals surface area contributed by atoms with E-state index in [2.05, 4.69) is 4.99 Å². The molecule has 0 fully saturated rings. The molecule has 0 spiro atoms. The van der Waals surface area contributed by atoms with Gasteiger partial charge in [0.25, 0.3) is 0 Å². The Balaban J connectivity index is 3.02. The topological polar surface area (TPSA) is 102 Å². The van der Waals surface area contributed by atoms with Gasteiger partial charge in [0.05, 0.1) is 24.6 Å². The zero-order chi connectivity index (χ0) is 12.8. The van der Waals surface area contributed by atoms with Gasteiger partial charge in [-0.3, -0.25) is 15.1 Å². The number of aromatic carboxylic acids is 1. The number of carboxylic acid groups (broad SMARTS) is 1. The molecule has 0 radical (unpaired) electrons. The molecule has 1 aromatic rings. The van der Waals surface area contributed by atoms with Crippen LogP contribution in [-0.2, 0) is 0 Å². The molecule has 7 nitrogen and oxygen atoms in total. The minimum absolute atomic E-state index is 0.0658. The van der Waals surface area contributed by atoms with Crippen LogP contribution in [0.15, 0.2) is 23.2 Å². The third kappa shape index (κ3) is 3.56. The summed E-state index contributed by atoms with van der Waals surface area (Å²) in [6, 6.07) is 4.27. The van der Waals surface area contributed by atoms with Crippen LogP contribution < -0.4 is 4.74 Å². The van der Waals surface area contributed by atoms with Crippen molar-refractivity contribution in [2.45, 2.75) is 0 Å². The summed E-state index contributed by atoms with van der Waals surface area (Å²) in [6.07, 6.45) is 1.05. The highest BCUT2D eigenvalue weighted by Gasteiger charge is 2.10. The van der Waals surface area contributed by atoms with Gasteiger partial charge in [-0.2, -0.15) is 0 Å². The lowest BCUT2D eigenvalue weighted by atomic mass is 10.1. The Morgan fingerprint density at radius 2 is 2.35 bits per heavy atom. The van der Waals surface area contributed by atoms with Crippen molar-refractivity contribution in [2.75, 3.05) is 13.7 Å². The summed E-state index contributed by atoms with van der Waals surface area (Å²) >= 11 is 0. The summed E-state index contributed by atoms with van der Waals surface area (Å²) in [5.41, 5.74) is 0.0871. The van der Waals surface area contributed by atoms with Crippen molar-refractivity contribution in [3.63, 3.8) is 0 Å². The standard InChI is InChI=1S/C10H10N2O5/c1-17-7-2-3-9(8(6-7)10(13)14)11-4-5-12(15)16/h2-4,6H,5H2,1H3,(H,13,14)/b11-4+. The number of nitro groups is 1. The molecule has 17 heavy (non-hydrogen) atoms. The molecule has 0 bridgehead atoms. The first-order valence-electron chi connectivity index (χ1n) is 4.60. The van der Waals surface area contributed by atoms with Gasteiger partial charge in [-0.15, -0.1) is 0 Å². The molecular formula is C10H10N2O5. The van der Waals surface area contributed by atoms with E-state index >= 15 is 0 Å². The number of nitrogens with zero attached hydrogens (tertiary/aromatic N) is 2. The van der Waals surface area contributed by atoms with Gasteiger partial charge < -0.3 is 9.84 Å². The molecule has 0 saturated carbocycles. The highest BCUT2D eigenvalue weighted by molar-refractivity contribution is 5.94. The molecule has 0 aliphatic carbocycles. The molecule has 7 heteroatoms. The normalized spacial score (nSPS) is 10.4. The Hall–Kier alpha value is -2.44. The SMILES string of the molecule is COc1ccc(/N=C/C[N+](=O)[O-])c(C(=O)O)c1.